The molecule has 140 valence electrons. The molecule has 3 aromatic rings. The third-order valence-corrected chi connectivity index (χ3v) is 5.94. The Labute approximate surface area is 161 Å². The smallest absolute Gasteiger partial charge is 0.270 e. The van der Waals surface area contributed by atoms with Gasteiger partial charge in [-0.2, -0.15) is 0 Å². The van der Waals surface area contributed by atoms with Crippen LogP contribution in [0.1, 0.15) is 52.5 Å². The van der Waals surface area contributed by atoms with Crippen molar-refractivity contribution < 1.29 is 4.79 Å². The largest absolute Gasteiger partial charge is 0.337 e. The zero-order valence-corrected chi connectivity index (χ0v) is 16.6. The Bertz CT molecular complexity index is 985. The van der Waals surface area contributed by atoms with Crippen molar-refractivity contribution in [1.82, 2.24) is 9.47 Å². The van der Waals surface area contributed by atoms with Crippen LogP contribution < -0.4 is 0 Å². The van der Waals surface area contributed by atoms with E-state index in [-0.39, 0.29) is 5.91 Å². The van der Waals surface area contributed by atoms with E-state index in [4.69, 9.17) is 0 Å². The maximum Gasteiger partial charge on any atom is 0.270 e. The van der Waals surface area contributed by atoms with Gasteiger partial charge in [-0.1, -0.05) is 55.8 Å². The number of aryl methyl sites for hydroxylation is 2. The fourth-order valence-electron chi connectivity index (χ4n) is 4.28. The van der Waals surface area contributed by atoms with Gasteiger partial charge in [0, 0.05) is 25.0 Å². The minimum atomic E-state index is 0.203. The summed E-state index contributed by atoms with van der Waals surface area (Å²) in [6, 6.07) is 14.9. The molecule has 0 aliphatic carbocycles. The molecule has 1 amide bonds. The van der Waals surface area contributed by atoms with E-state index < -0.39 is 0 Å². The molecule has 4 rings (SSSR count). The van der Waals surface area contributed by atoms with E-state index in [1.54, 1.807) is 0 Å². The molecular weight excluding hydrogens is 332 g/mol. The van der Waals surface area contributed by atoms with Crippen molar-refractivity contribution in [2.45, 2.75) is 46.6 Å². The first kappa shape index (κ1) is 17.8. The Morgan fingerprint density at radius 2 is 1.81 bits per heavy atom. The Morgan fingerprint density at radius 1 is 1.04 bits per heavy atom. The van der Waals surface area contributed by atoms with Crippen LogP contribution in [0.2, 0.25) is 0 Å². The van der Waals surface area contributed by atoms with E-state index in [0.29, 0.717) is 0 Å². The second-order valence-electron chi connectivity index (χ2n) is 7.70. The number of carbonyl (C=O) groups is 1. The number of amides is 1. The highest BCUT2D eigenvalue weighted by molar-refractivity contribution is 6.04. The third-order valence-electron chi connectivity index (χ3n) is 5.94. The molecule has 27 heavy (non-hydrogen) atoms. The van der Waals surface area contributed by atoms with Crippen LogP contribution in [0.5, 0.6) is 0 Å². The molecule has 0 spiro atoms. The molecular formula is C24H28N2O. The molecule has 1 aliphatic heterocycles. The summed E-state index contributed by atoms with van der Waals surface area (Å²) < 4.78 is 2.28. The first-order chi connectivity index (χ1) is 13.1. The van der Waals surface area contributed by atoms with Gasteiger partial charge >= 0.3 is 0 Å². The van der Waals surface area contributed by atoms with E-state index in [1.807, 2.05) is 11.0 Å². The lowest BCUT2D eigenvalue weighted by Crippen LogP contribution is -2.39. The number of aromatic nitrogens is 1. The zero-order chi connectivity index (χ0) is 19.0. The second kappa shape index (κ2) is 7.22. The lowest BCUT2D eigenvalue weighted by atomic mass is 10.00. The van der Waals surface area contributed by atoms with Gasteiger partial charge in [-0.15, -0.1) is 0 Å². The summed E-state index contributed by atoms with van der Waals surface area (Å²) >= 11 is 0. The lowest BCUT2D eigenvalue weighted by molar-refractivity contribution is 0.0727. The van der Waals surface area contributed by atoms with Crippen LogP contribution in [-0.4, -0.2) is 28.5 Å². The van der Waals surface area contributed by atoms with E-state index in [9.17, 15) is 4.79 Å². The summed E-state index contributed by atoms with van der Waals surface area (Å²) in [6.45, 7) is 8.96. The van der Waals surface area contributed by atoms with Gasteiger partial charge in [-0.05, 0) is 48.9 Å². The molecule has 2 heterocycles. The van der Waals surface area contributed by atoms with Gasteiger partial charge in [0.15, 0.2) is 0 Å². The molecule has 0 atom stereocenters. The van der Waals surface area contributed by atoms with Crippen molar-refractivity contribution in [2.75, 3.05) is 13.1 Å². The number of fused-ring (bicyclic) bond motifs is 3. The molecule has 0 saturated carbocycles. The van der Waals surface area contributed by atoms with E-state index >= 15 is 0 Å². The van der Waals surface area contributed by atoms with Crippen LogP contribution >= 0.6 is 0 Å². The number of unbranched alkanes of at least 4 members (excludes halogenated alkanes) is 1. The molecule has 0 saturated heterocycles. The van der Waals surface area contributed by atoms with E-state index in [1.165, 1.54) is 33.2 Å². The summed E-state index contributed by atoms with van der Waals surface area (Å²) in [7, 11) is 0. The summed E-state index contributed by atoms with van der Waals surface area (Å²) in [5.41, 5.74) is 7.17. The van der Waals surface area contributed by atoms with Gasteiger partial charge in [0.2, 0.25) is 0 Å². The van der Waals surface area contributed by atoms with Crippen LogP contribution in [0.15, 0.2) is 42.5 Å². The SMILES string of the molecule is CCCCN1CCc2c(n(Cc3ccccc3)c3c(C)c(C)ccc23)C1=O. The number of benzene rings is 2. The van der Waals surface area contributed by atoms with Crippen molar-refractivity contribution in [3.05, 3.63) is 70.4 Å². The molecule has 2 aromatic carbocycles. The molecule has 3 heteroatoms. The molecule has 0 bridgehead atoms. The van der Waals surface area contributed by atoms with Gasteiger partial charge in [0.1, 0.15) is 5.69 Å². The van der Waals surface area contributed by atoms with Gasteiger partial charge in [0.05, 0.1) is 5.52 Å². The second-order valence-corrected chi connectivity index (χ2v) is 7.70. The van der Waals surface area contributed by atoms with Gasteiger partial charge in [-0.3, -0.25) is 4.79 Å². The number of hydrogen-bond acceptors (Lipinski definition) is 1. The Kier molecular flexibility index (Phi) is 4.77. The van der Waals surface area contributed by atoms with Crippen LogP contribution in [-0.2, 0) is 13.0 Å². The van der Waals surface area contributed by atoms with Crippen molar-refractivity contribution in [1.29, 1.82) is 0 Å². The molecule has 0 radical (unpaired) electrons. The summed E-state index contributed by atoms with van der Waals surface area (Å²) in [6.07, 6.45) is 3.13. The fraction of sp³-hybridized carbons (Fsp3) is 0.375. The van der Waals surface area contributed by atoms with Crippen LogP contribution in [0.4, 0.5) is 0 Å². The molecule has 0 N–H and O–H groups in total. The van der Waals surface area contributed by atoms with Crippen molar-refractivity contribution in [3.63, 3.8) is 0 Å². The summed E-state index contributed by atoms with van der Waals surface area (Å²) in [5, 5.41) is 1.26. The minimum Gasteiger partial charge on any atom is -0.337 e. The molecule has 3 nitrogen and oxygen atoms in total. The highest BCUT2D eigenvalue weighted by Gasteiger charge is 2.31. The van der Waals surface area contributed by atoms with Crippen LogP contribution in [0.25, 0.3) is 10.9 Å². The maximum atomic E-state index is 13.4. The number of hydrogen-bond donors (Lipinski definition) is 0. The van der Waals surface area contributed by atoms with Crippen molar-refractivity contribution in [3.8, 4) is 0 Å². The van der Waals surface area contributed by atoms with Gasteiger partial charge in [-0.25, -0.2) is 0 Å². The first-order valence-corrected chi connectivity index (χ1v) is 10.1. The monoisotopic (exact) mass is 360 g/mol. The maximum absolute atomic E-state index is 13.4. The highest BCUT2D eigenvalue weighted by Crippen LogP contribution is 2.34. The lowest BCUT2D eigenvalue weighted by Gasteiger charge is -2.28. The standard InChI is InChI=1S/C24H28N2O/c1-4-5-14-25-15-13-21-20-12-11-17(2)18(3)22(20)26(23(21)24(25)27)16-19-9-7-6-8-10-19/h6-12H,4-5,13-16H2,1-3H3. The molecule has 0 unspecified atom stereocenters. The van der Waals surface area contributed by atoms with Crippen LogP contribution in [0, 0.1) is 13.8 Å². The van der Waals surface area contributed by atoms with Gasteiger partial charge < -0.3 is 9.47 Å². The molecule has 0 fully saturated rings. The topological polar surface area (TPSA) is 25.2 Å². The predicted molar refractivity (Wildman–Crippen MR) is 111 cm³/mol. The highest BCUT2D eigenvalue weighted by atomic mass is 16.2. The number of rotatable bonds is 5. The number of nitrogens with zero attached hydrogens (tertiary/aromatic N) is 2. The summed E-state index contributed by atoms with van der Waals surface area (Å²) in [5.74, 6) is 0.203. The third kappa shape index (κ3) is 3.05. The Hall–Kier alpha value is -2.55. The zero-order valence-electron chi connectivity index (χ0n) is 16.6. The normalized spacial score (nSPS) is 14.0. The molecule has 1 aromatic heterocycles. The van der Waals surface area contributed by atoms with Crippen LogP contribution in [0.3, 0.4) is 0 Å². The average molecular weight is 361 g/mol. The van der Waals surface area contributed by atoms with Crippen molar-refractivity contribution in [2.24, 2.45) is 0 Å². The Balaban J connectivity index is 1.90. The van der Waals surface area contributed by atoms with Crippen molar-refractivity contribution >= 4 is 16.8 Å². The van der Waals surface area contributed by atoms with Gasteiger partial charge in [0.25, 0.3) is 5.91 Å². The molecule has 1 aliphatic rings. The first-order valence-electron chi connectivity index (χ1n) is 10.1. The van der Waals surface area contributed by atoms with E-state index in [0.717, 1.165) is 44.6 Å². The fourth-order valence-corrected chi connectivity index (χ4v) is 4.28. The predicted octanol–water partition coefficient (Wildman–Crippen LogP) is 5.10. The number of carbonyl (C=O) groups excluding carboxylic acids is 1. The Morgan fingerprint density at radius 3 is 2.56 bits per heavy atom. The van der Waals surface area contributed by atoms with E-state index in [2.05, 4.69) is 61.7 Å². The average Bonchev–Trinajstić information content (AvgIpc) is 3.00. The summed E-state index contributed by atoms with van der Waals surface area (Å²) in [4.78, 5) is 15.5. The minimum absolute atomic E-state index is 0.203. The quantitative estimate of drug-likeness (QED) is 0.621.